The van der Waals surface area contributed by atoms with Gasteiger partial charge in [0.25, 0.3) is 0 Å². The molecule has 1 unspecified atom stereocenters. The van der Waals surface area contributed by atoms with Crippen molar-refractivity contribution in [3.05, 3.63) is 35.6 Å². The van der Waals surface area contributed by atoms with Crippen LogP contribution in [0.15, 0.2) is 40.6 Å². The molecule has 0 radical (unpaired) electrons. The van der Waals surface area contributed by atoms with E-state index in [4.69, 9.17) is 0 Å². The van der Waals surface area contributed by atoms with Crippen molar-refractivity contribution in [1.29, 1.82) is 0 Å². The zero-order valence-corrected chi connectivity index (χ0v) is 18.2. The standard InChI is InChI=1S/C19H22N4O2S3/c1-12-21-17-4-3-16(9-18(17)26-12)28(24,25)23-10-13-7-15(8-14(13)11-23)27-19-20-5-6-22(19)2/h3-6,9,13-15H,7-8,10-11H2,1-2H3/t13-,14+,15?. The lowest BCUT2D eigenvalue weighted by Gasteiger charge is -2.19. The molecule has 0 N–H and O–H groups in total. The predicted molar refractivity (Wildman–Crippen MR) is 112 cm³/mol. The summed E-state index contributed by atoms with van der Waals surface area (Å²) < 4.78 is 31.1. The van der Waals surface area contributed by atoms with Gasteiger partial charge in [0, 0.05) is 37.8 Å². The molecule has 2 aliphatic rings. The summed E-state index contributed by atoms with van der Waals surface area (Å²) in [6.07, 6.45) is 5.91. The molecule has 1 aliphatic carbocycles. The van der Waals surface area contributed by atoms with E-state index < -0.39 is 10.0 Å². The molecule has 28 heavy (non-hydrogen) atoms. The van der Waals surface area contributed by atoms with Gasteiger partial charge in [0.15, 0.2) is 5.16 Å². The maximum Gasteiger partial charge on any atom is 0.243 e. The molecule has 6 nitrogen and oxygen atoms in total. The van der Waals surface area contributed by atoms with E-state index in [0.29, 0.717) is 35.1 Å². The van der Waals surface area contributed by atoms with Gasteiger partial charge in [0.05, 0.1) is 20.1 Å². The number of aryl methyl sites for hydroxylation is 2. The fraction of sp³-hybridized carbons (Fsp3) is 0.474. The summed E-state index contributed by atoms with van der Waals surface area (Å²) in [5.74, 6) is 0.892. The van der Waals surface area contributed by atoms with Crippen LogP contribution < -0.4 is 0 Å². The number of benzene rings is 1. The molecule has 3 atom stereocenters. The van der Waals surface area contributed by atoms with Gasteiger partial charge < -0.3 is 4.57 Å². The molecule has 1 aromatic carbocycles. The second-order valence-corrected chi connectivity index (χ2v) is 12.2. The van der Waals surface area contributed by atoms with Crippen molar-refractivity contribution in [2.75, 3.05) is 13.1 Å². The van der Waals surface area contributed by atoms with E-state index in [1.54, 1.807) is 27.8 Å². The van der Waals surface area contributed by atoms with Gasteiger partial charge in [0.2, 0.25) is 10.0 Å². The van der Waals surface area contributed by atoms with E-state index in [2.05, 4.69) is 9.97 Å². The summed E-state index contributed by atoms with van der Waals surface area (Å²) in [7, 11) is -1.43. The van der Waals surface area contributed by atoms with Crippen LogP contribution in [-0.4, -0.2) is 45.6 Å². The van der Waals surface area contributed by atoms with Gasteiger partial charge in [-0.2, -0.15) is 4.31 Å². The molecule has 1 aliphatic heterocycles. The molecule has 0 spiro atoms. The van der Waals surface area contributed by atoms with E-state index in [1.807, 2.05) is 48.8 Å². The van der Waals surface area contributed by atoms with E-state index in [9.17, 15) is 8.42 Å². The van der Waals surface area contributed by atoms with Crippen molar-refractivity contribution >= 4 is 43.3 Å². The quantitative estimate of drug-likeness (QED) is 0.628. The first-order valence-corrected chi connectivity index (χ1v) is 12.5. The molecule has 0 amide bonds. The minimum atomic E-state index is -3.45. The summed E-state index contributed by atoms with van der Waals surface area (Å²) in [5, 5.41) is 2.52. The number of fused-ring (bicyclic) bond motifs is 2. The molecular weight excluding hydrogens is 412 g/mol. The molecule has 3 aromatic rings. The highest BCUT2D eigenvalue weighted by atomic mass is 32.2. The molecule has 1 saturated carbocycles. The molecule has 9 heteroatoms. The smallest absolute Gasteiger partial charge is 0.243 e. The highest BCUT2D eigenvalue weighted by molar-refractivity contribution is 7.99. The average molecular weight is 435 g/mol. The van der Waals surface area contributed by atoms with Crippen molar-refractivity contribution in [3.8, 4) is 0 Å². The fourth-order valence-electron chi connectivity index (χ4n) is 4.44. The zero-order valence-electron chi connectivity index (χ0n) is 15.8. The number of thiazole rings is 1. The van der Waals surface area contributed by atoms with Crippen LogP contribution in [0.25, 0.3) is 10.2 Å². The summed E-state index contributed by atoms with van der Waals surface area (Å²) in [6, 6.07) is 5.30. The van der Waals surface area contributed by atoms with Crippen LogP contribution in [-0.2, 0) is 17.1 Å². The van der Waals surface area contributed by atoms with E-state index in [1.165, 1.54) is 0 Å². The molecule has 148 valence electrons. The zero-order chi connectivity index (χ0) is 19.5. The normalized spacial score (nSPS) is 25.6. The third-order valence-corrected chi connectivity index (χ3v) is 9.91. The molecule has 2 aromatic heterocycles. The number of sulfonamides is 1. The summed E-state index contributed by atoms with van der Waals surface area (Å²) in [6.45, 7) is 3.20. The molecule has 3 heterocycles. The topological polar surface area (TPSA) is 68.1 Å². The third kappa shape index (κ3) is 3.18. The minimum Gasteiger partial charge on any atom is -0.329 e. The van der Waals surface area contributed by atoms with Crippen molar-refractivity contribution in [3.63, 3.8) is 0 Å². The largest absolute Gasteiger partial charge is 0.329 e. The lowest BCUT2D eigenvalue weighted by atomic mass is 10.0. The second kappa shape index (κ2) is 6.83. The van der Waals surface area contributed by atoms with Crippen LogP contribution in [0.2, 0.25) is 0 Å². The Hall–Kier alpha value is -1.42. The maximum absolute atomic E-state index is 13.2. The van der Waals surface area contributed by atoms with Gasteiger partial charge in [-0.1, -0.05) is 11.8 Å². The van der Waals surface area contributed by atoms with Crippen LogP contribution in [0, 0.1) is 18.8 Å². The first-order valence-electron chi connectivity index (χ1n) is 9.41. The Morgan fingerprint density at radius 1 is 1.21 bits per heavy atom. The van der Waals surface area contributed by atoms with Gasteiger partial charge in [-0.25, -0.2) is 18.4 Å². The highest BCUT2D eigenvalue weighted by Gasteiger charge is 2.45. The van der Waals surface area contributed by atoms with Gasteiger partial charge in [-0.3, -0.25) is 0 Å². The van der Waals surface area contributed by atoms with Crippen molar-refractivity contribution < 1.29 is 8.42 Å². The van der Waals surface area contributed by atoms with Gasteiger partial charge in [-0.05, 0) is 49.8 Å². The van der Waals surface area contributed by atoms with Gasteiger partial charge >= 0.3 is 0 Å². The van der Waals surface area contributed by atoms with Crippen LogP contribution in [0.3, 0.4) is 0 Å². The monoisotopic (exact) mass is 434 g/mol. The van der Waals surface area contributed by atoms with Crippen LogP contribution in [0.1, 0.15) is 17.8 Å². The van der Waals surface area contributed by atoms with E-state index in [0.717, 1.165) is 33.2 Å². The van der Waals surface area contributed by atoms with Gasteiger partial charge in [-0.15, -0.1) is 11.3 Å². The summed E-state index contributed by atoms with van der Waals surface area (Å²) >= 11 is 3.37. The number of thioether (sulfide) groups is 1. The number of imidazole rings is 1. The maximum atomic E-state index is 13.2. The van der Waals surface area contributed by atoms with Crippen molar-refractivity contribution in [2.45, 2.75) is 35.1 Å². The molecule has 0 bridgehead atoms. The van der Waals surface area contributed by atoms with Crippen molar-refractivity contribution in [2.24, 2.45) is 18.9 Å². The third-order valence-electron chi connectivity index (χ3n) is 5.83. The van der Waals surface area contributed by atoms with E-state index in [-0.39, 0.29) is 0 Å². The lowest BCUT2D eigenvalue weighted by molar-refractivity contribution is 0.447. The lowest BCUT2D eigenvalue weighted by Crippen LogP contribution is -2.30. The number of nitrogens with zero attached hydrogens (tertiary/aromatic N) is 4. The SMILES string of the molecule is Cc1nc2ccc(S(=O)(=O)N3C[C@H]4CC(Sc5nccn5C)C[C@H]4C3)cc2s1. The minimum absolute atomic E-state index is 0.391. The van der Waals surface area contributed by atoms with E-state index >= 15 is 0 Å². The molecular formula is C19H22N4O2S3. The van der Waals surface area contributed by atoms with Crippen molar-refractivity contribution in [1.82, 2.24) is 18.8 Å². The Labute approximate surface area is 173 Å². The molecule has 5 rings (SSSR count). The van der Waals surface area contributed by atoms with Gasteiger partial charge in [0.1, 0.15) is 0 Å². The highest BCUT2D eigenvalue weighted by Crippen LogP contribution is 2.45. The van der Waals surface area contributed by atoms with Crippen LogP contribution in [0.5, 0.6) is 0 Å². The number of aromatic nitrogens is 3. The Bertz CT molecular complexity index is 1120. The Balaban J connectivity index is 1.30. The number of hydrogen-bond acceptors (Lipinski definition) is 6. The summed E-state index contributed by atoms with van der Waals surface area (Å²) in [4.78, 5) is 9.23. The first kappa shape index (κ1) is 18.6. The summed E-state index contributed by atoms with van der Waals surface area (Å²) in [5.41, 5.74) is 0.869. The average Bonchev–Trinajstić information content (AvgIpc) is 3.38. The van der Waals surface area contributed by atoms with Crippen LogP contribution >= 0.6 is 23.1 Å². The second-order valence-electron chi connectivity index (χ2n) is 7.74. The number of rotatable bonds is 4. The predicted octanol–water partition coefficient (Wildman–Crippen LogP) is 3.53. The molecule has 1 saturated heterocycles. The first-order chi connectivity index (χ1) is 13.4. The Kier molecular flexibility index (Phi) is 4.53. The Morgan fingerprint density at radius 2 is 1.96 bits per heavy atom. The Morgan fingerprint density at radius 3 is 2.64 bits per heavy atom. The van der Waals surface area contributed by atoms with Crippen LogP contribution in [0.4, 0.5) is 0 Å². The fourth-order valence-corrected chi connectivity index (χ4v) is 8.29. The number of hydrogen-bond donors (Lipinski definition) is 0. The molecule has 2 fully saturated rings.